The van der Waals surface area contributed by atoms with Gasteiger partial charge in [0.15, 0.2) is 0 Å². The molecule has 112 valence electrons. The molecule has 19 heavy (non-hydrogen) atoms. The van der Waals surface area contributed by atoms with E-state index < -0.39 is 10.0 Å². The fourth-order valence-electron chi connectivity index (χ4n) is 3.12. The molecule has 1 aliphatic carbocycles. The Balaban J connectivity index is 1.78. The third kappa shape index (κ3) is 4.15. The van der Waals surface area contributed by atoms with Gasteiger partial charge in [0.25, 0.3) is 0 Å². The summed E-state index contributed by atoms with van der Waals surface area (Å²) in [5.41, 5.74) is 0. The van der Waals surface area contributed by atoms with Crippen molar-refractivity contribution in [3.63, 3.8) is 0 Å². The van der Waals surface area contributed by atoms with Crippen LogP contribution in [0.1, 0.15) is 32.6 Å². The van der Waals surface area contributed by atoms with Crippen molar-refractivity contribution in [1.82, 2.24) is 14.5 Å². The Bertz CT molecular complexity index is 358. The standard InChI is InChI=1S/C13H27N3O2S/c1-2-14-7-12-19(17,18)16-10-8-15(9-11-16)13-5-3-4-6-13/h13-14H,2-12H2,1H3. The predicted molar refractivity (Wildman–Crippen MR) is 77.7 cm³/mol. The number of nitrogens with one attached hydrogen (secondary N) is 1. The molecule has 0 bridgehead atoms. The Morgan fingerprint density at radius 1 is 1.11 bits per heavy atom. The van der Waals surface area contributed by atoms with E-state index in [2.05, 4.69) is 10.2 Å². The molecule has 2 aliphatic rings. The van der Waals surface area contributed by atoms with E-state index in [9.17, 15) is 8.42 Å². The molecular weight excluding hydrogens is 262 g/mol. The molecule has 2 rings (SSSR count). The predicted octanol–water partition coefficient (Wildman–Crippen LogP) is 0.486. The van der Waals surface area contributed by atoms with E-state index in [4.69, 9.17) is 0 Å². The molecule has 6 heteroatoms. The molecule has 1 aliphatic heterocycles. The molecule has 0 amide bonds. The Morgan fingerprint density at radius 3 is 2.32 bits per heavy atom. The molecule has 0 unspecified atom stereocenters. The second kappa shape index (κ2) is 7.02. The third-order valence-corrected chi connectivity index (χ3v) is 6.17. The number of sulfonamides is 1. The van der Waals surface area contributed by atoms with Gasteiger partial charge < -0.3 is 5.32 Å². The summed E-state index contributed by atoms with van der Waals surface area (Å²) >= 11 is 0. The largest absolute Gasteiger partial charge is 0.316 e. The lowest BCUT2D eigenvalue weighted by Gasteiger charge is -2.37. The van der Waals surface area contributed by atoms with Crippen molar-refractivity contribution in [3.8, 4) is 0 Å². The normalized spacial score (nSPS) is 24.1. The summed E-state index contributed by atoms with van der Waals surface area (Å²) in [4.78, 5) is 2.49. The van der Waals surface area contributed by atoms with Gasteiger partial charge in [0.05, 0.1) is 5.75 Å². The van der Waals surface area contributed by atoms with Crippen molar-refractivity contribution in [3.05, 3.63) is 0 Å². The molecule has 0 aromatic rings. The van der Waals surface area contributed by atoms with Crippen molar-refractivity contribution in [2.45, 2.75) is 38.6 Å². The van der Waals surface area contributed by atoms with E-state index in [1.807, 2.05) is 6.92 Å². The zero-order chi connectivity index (χ0) is 13.7. The number of nitrogens with zero attached hydrogens (tertiary/aromatic N) is 2. The Morgan fingerprint density at radius 2 is 1.74 bits per heavy atom. The van der Waals surface area contributed by atoms with Crippen LogP contribution in [-0.4, -0.2) is 68.7 Å². The average Bonchev–Trinajstić information content (AvgIpc) is 2.93. The molecule has 0 atom stereocenters. The quantitative estimate of drug-likeness (QED) is 0.723. The van der Waals surface area contributed by atoms with Crippen molar-refractivity contribution < 1.29 is 8.42 Å². The summed E-state index contributed by atoms with van der Waals surface area (Å²) in [7, 11) is -3.06. The summed E-state index contributed by atoms with van der Waals surface area (Å²) in [5.74, 6) is 0.226. The van der Waals surface area contributed by atoms with Crippen LogP contribution in [-0.2, 0) is 10.0 Å². The molecule has 1 saturated heterocycles. The summed E-state index contributed by atoms with van der Waals surface area (Å²) in [6.07, 6.45) is 5.28. The van der Waals surface area contributed by atoms with Gasteiger partial charge in [-0.05, 0) is 19.4 Å². The highest BCUT2D eigenvalue weighted by Crippen LogP contribution is 2.24. The van der Waals surface area contributed by atoms with Gasteiger partial charge in [-0.1, -0.05) is 19.8 Å². The van der Waals surface area contributed by atoms with Crippen LogP contribution in [0, 0.1) is 0 Å². The first-order chi connectivity index (χ1) is 9.13. The van der Waals surface area contributed by atoms with Gasteiger partial charge in [0, 0.05) is 38.8 Å². The minimum atomic E-state index is -3.06. The fraction of sp³-hybridized carbons (Fsp3) is 1.00. The maximum Gasteiger partial charge on any atom is 0.215 e. The topological polar surface area (TPSA) is 52.7 Å². The third-order valence-electron chi connectivity index (χ3n) is 4.29. The van der Waals surface area contributed by atoms with Crippen molar-refractivity contribution in [1.29, 1.82) is 0 Å². The maximum absolute atomic E-state index is 12.2. The molecule has 1 N–H and O–H groups in total. The second-order valence-corrected chi connectivity index (χ2v) is 7.63. The smallest absolute Gasteiger partial charge is 0.215 e. The molecule has 1 saturated carbocycles. The van der Waals surface area contributed by atoms with Crippen molar-refractivity contribution in [2.24, 2.45) is 0 Å². The molecule has 1 heterocycles. The van der Waals surface area contributed by atoms with Crippen LogP contribution in [0.2, 0.25) is 0 Å². The first kappa shape index (κ1) is 15.2. The zero-order valence-corrected chi connectivity index (χ0v) is 12.8. The summed E-state index contributed by atoms with van der Waals surface area (Å²) in [6.45, 7) is 6.53. The van der Waals surface area contributed by atoms with Crippen LogP contribution in [0.25, 0.3) is 0 Å². The van der Waals surface area contributed by atoms with Crippen molar-refractivity contribution >= 4 is 10.0 Å². The van der Waals surface area contributed by atoms with Gasteiger partial charge in [-0.25, -0.2) is 8.42 Å². The Labute approximate surface area is 117 Å². The van der Waals surface area contributed by atoms with Crippen LogP contribution in [0.15, 0.2) is 0 Å². The van der Waals surface area contributed by atoms with E-state index in [1.165, 1.54) is 25.7 Å². The maximum atomic E-state index is 12.2. The Kier molecular flexibility index (Phi) is 5.62. The lowest BCUT2D eigenvalue weighted by atomic mass is 10.2. The van der Waals surface area contributed by atoms with Crippen molar-refractivity contribution in [2.75, 3.05) is 45.0 Å². The number of hydrogen-bond acceptors (Lipinski definition) is 4. The minimum absolute atomic E-state index is 0.226. The highest BCUT2D eigenvalue weighted by Gasteiger charge is 2.30. The molecule has 0 radical (unpaired) electrons. The van der Waals surface area contributed by atoms with E-state index >= 15 is 0 Å². The number of rotatable bonds is 6. The second-order valence-electron chi connectivity index (χ2n) is 5.54. The van der Waals surface area contributed by atoms with Crippen LogP contribution in [0.3, 0.4) is 0 Å². The van der Waals surface area contributed by atoms with E-state index in [1.54, 1.807) is 4.31 Å². The zero-order valence-electron chi connectivity index (χ0n) is 12.0. The van der Waals surface area contributed by atoms with Gasteiger partial charge in [-0.15, -0.1) is 0 Å². The highest BCUT2D eigenvalue weighted by atomic mass is 32.2. The van der Waals surface area contributed by atoms with E-state index in [0.29, 0.717) is 25.7 Å². The summed E-state index contributed by atoms with van der Waals surface area (Å²) in [5, 5.41) is 3.08. The number of piperazine rings is 1. The van der Waals surface area contributed by atoms with Gasteiger partial charge in [-0.3, -0.25) is 4.90 Å². The Hall–Kier alpha value is -0.170. The van der Waals surface area contributed by atoms with Crippen LogP contribution in [0.5, 0.6) is 0 Å². The van der Waals surface area contributed by atoms with Crippen LogP contribution >= 0.6 is 0 Å². The molecule has 5 nitrogen and oxygen atoms in total. The van der Waals surface area contributed by atoms with Gasteiger partial charge in [-0.2, -0.15) is 4.31 Å². The lowest BCUT2D eigenvalue weighted by molar-refractivity contribution is 0.139. The van der Waals surface area contributed by atoms with Gasteiger partial charge in [0.1, 0.15) is 0 Å². The SMILES string of the molecule is CCNCCS(=O)(=O)N1CCN(C2CCCC2)CC1. The fourth-order valence-corrected chi connectivity index (χ4v) is 4.50. The minimum Gasteiger partial charge on any atom is -0.316 e. The van der Waals surface area contributed by atoms with Gasteiger partial charge in [0.2, 0.25) is 10.0 Å². The number of hydrogen-bond donors (Lipinski definition) is 1. The molecule has 0 spiro atoms. The molecule has 0 aromatic carbocycles. The molecular formula is C13H27N3O2S. The molecule has 2 fully saturated rings. The first-order valence-electron chi connectivity index (χ1n) is 7.56. The monoisotopic (exact) mass is 289 g/mol. The van der Waals surface area contributed by atoms with E-state index in [0.717, 1.165) is 19.6 Å². The summed E-state index contributed by atoms with van der Waals surface area (Å²) < 4.78 is 26.0. The average molecular weight is 289 g/mol. The van der Waals surface area contributed by atoms with Crippen LogP contribution in [0.4, 0.5) is 0 Å². The lowest BCUT2D eigenvalue weighted by Crippen LogP contribution is -2.52. The van der Waals surface area contributed by atoms with E-state index in [-0.39, 0.29) is 5.75 Å². The van der Waals surface area contributed by atoms with Crippen LogP contribution < -0.4 is 5.32 Å². The summed E-state index contributed by atoms with van der Waals surface area (Å²) in [6, 6.07) is 0.714. The highest BCUT2D eigenvalue weighted by molar-refractivity contribution is 7.89. The first-order valence-corrected chi connectivity index (χ1v) is 9.17. The molecule has 0 aromatic heterocycles. The van der Waals surface area contributed by atoms with Gasteiger partial charge >= 0.3 is 0 Å².